The van der Waals surface area contributed by atoms with Crippen LogP contribution in [-0.4, -0.2) is 11.7 Å². The molecule has 0 radical (unpaired) electrons. The van der Waals surface area contributed by atoms with Crippen molar-refractivity contribution in [2.24, 2.45) is 10.8 Å². The molecular formula is C15H32O. The van der Waals surface area contributed by atoms with Crippen molar-refractivity contribution in [2.45, 2.75) is 79.6 Å². The third-order valence-electron chi connectivity index (χ3n) is 3.59. The highest BCUT2D eigenvalue weighted by molar-refractivity contribution is 4.72. The first-order valence-corrected chi connectivity index (χ1v) is 6.94. The zero-order valence-corrected chi connectivity index (χ0v) is 12.1. The number of unbranched alkanes of at least 4 members (excludes halogenated alkanes) is 2. The second kappa shape index (κ2) is 7.32. The molecule has 0 aromatic heterocycles. The van der Waals surface area contributed by atoms with Gasteiger partial charge in [-0.1, -0.05) is 60.3 Å². The van der Waals surface area contributed by atoms with Crippen molar-refractivity contribution in [1.29, 1.82) is 0 Å². The first-order chi connectivity index (χ1) is 7.33. The molecule has 0 fully saturated rings. The summed E-state index contributed by atoms with van der Waals surface area (Å²) in [4.78, 5) is 0. The Labute approximate surface area is 103 Å². The highest BCUT2D eigenvalue weighted by Gasteiger charge is 2.20. The van der Waals surface area contributed by atoms with Gasteiger partial charge in [-0.25, -0.2) is 0 Å². The van der Waals surface area contributed by atoms with Gasteiger partial charge >= 0.3 is 0 Å². The molecule has 98 valence electrons. The Hall–Kier alpha value is -0.0400. The predicted molar refractivity (Wildman–Crippen MR) is 72.6 cm³/mol. The SMILES string of the molecule is CCCCCC(C)(C)CCCC(C)(C)CO. The fourth-order valence-corrected chi connectivity index (χ4v) is 2.10. The lowest BCUT2D eigenvalue weighted by atomic mass is 9.79. The summed E-state index contributed by atoms with van der Waals surface area (Å²) in [5.74, 6) is 0. The van der Waals surface area contributed by atoms with Crippen molar-refractivity contribution in [3.8, 4) is 0 Å². The summed E-state index contributed by atoms with van der Waals surface area (Å²) in [6, 6.07) is 0. The van der Waals surface area contributed by atoms with Crippen molar-refractivity contribution in [3.63, 3.8) is 0 Å². The van der Waals surface area contributed by atoms with E-state index in [1.807, 2.05) is 0 Å². The minimum absolute atomic E-state index is 0.111. The number of aliphatic hydroxyl groups excluding tert-OH is 1. The van der Waals surface area contributed by atoms with Crippen molar-refractivity contribution in [3.05, 3.63) is 0 Å². The maximum absolute atomic E-state index is 9.20. The molecule has 0 rings (SSSR count). The summed E-state index contributed by atoms with van der Waals surface area (Å²) in [5, 5.41) is 9.20. The molecule has 0 bridgehead atoms. The lowest BCUT2D eigenvalue weighted by Gasteiger charge is -2.27. The molecule has 0 atom stereocenters. The summed E-state index contributed by atoms with van der Waals surface area (Å²) < 4.78 is 0. The number of aliphatic hydroxyl groups is 1. The predicted octanol–water partition coefficient (Wildman–Crippen LogP) is 4.78. The molecule has 1 nitrogen and oxygen atoms in total. The van der Waals surface area contributed by atoms with E-state index < -0.39 is 0 Å². The average molecular weight is 228 g/mol. The van der Waals surface area contributed by atoms with Crippen LogP contribution >= 0.6 is 0 Å². The third kappa shape index (κ3) is 8.15. The van der Waals surface area contributed by atoms with Crippen LogP contribution in [0.25, 0.3) is 0 Å². The number of rotatable bonds is 9. The summed E-state index contributed by atoms with van der Waals surface area (Å²) >= 11 is 0. The Morgan fingerprint density at radius 1 is 0.750 bits per heavy atom. The largest absolute Gasteiger partial charge is 0.396 e. The zero-order chi connectivity index (χ0) is 12.7. The second-order valence-corrected chi connectivity index (χ2v) is 6.80. The fraction of sp³-hybridized carbons (Fsp3) is 1.00. The molecule has 0 aromatic carbocycles. The van der Waals surface area contributed by atoms with Gasteiger partial charge in [0, 0.05) is 6.61 Å². The maximum Gasteiger partial charge on any atom is 0.0482 e. The van der Waals surface area contributed by atoms with Gasteiger partial charge in [-0.05, 0) is 30.1 Å². The summed E-state index contributed by atoms with van der Waals surface area (Å²) in [6.45, 7) is 11.6. The van der Waals surface area contributed by atoms with Gasteiger partial charge in [-0.2, -0.15) is 0 Å². The van der Waals surface area contributed by atoms with E-state index in [0.717, 1.165) is 6.42 Å². The molecule has 0 heterocycles. The van der Waals surface area contributed by atoms with Crippen molar-refractivity contribution in [1.82, 2.24) is 0 Å². The molecule has 0 spiro atoms. The molecular weight excluding hydrogens is 196 g/mol. The molecule has 1 N–H and O–H groups in total. The molecule has 16 heavy (non-hydrogen) atoms. The Bertz CT molecular complexity index is 170. The van der Waals surface area contributed by atoms with Crippen LogP contribution in [0.15, 0.2) is 0 Å². The smallest absolute Gasteiger partial charge is 0.0482 e. The van der Waals surface area contributed by atoms with Gasteiger partial charge in [0.2, 0.25) is 0 Å². The van der Waals surface area contributed by atoms with E-state index >= 15 is 0 Å². The van der Waals surface area contributed by atoms with Crippen LogP contribution in [-0.2, 0) is 0 Å². The normalized spacial score (nSPS) is 13.1. The lowest BCUT2D eigenvalue weighted by molar-refractivity contribution is 0.140. The second-order valence-electron chi connectivity index (χ2n) is 6.80. The zero-order valence-electron chi connectivity index (χ0n) is 12.1. The molecule has 0 aliphatic heterocycles. The third-order valence-corrected chi connectivity index (χ3v) is 3.59. The average Bonchev–Trinajstić information content (AvgIpc) is 2.17. The van der Waals surface area contributed by atoms with Gasteiger partial charge < -0.3 is 5.11 Å². The van der Waals surface area contributed by atoms with Gasteiger partial charge in [0.05, 0.1) is 0 Å². The Morgan fingerprint density at radius 3 is 1.75 bits per heavy atom. The van der Waals surface area contributed by atoms with Crippen LogP contribution in [0.5, 0.6) is 0 Å². The molecule has 0 aromatic rings. The topological polar surface area (TPSA) is 20.2 Å². The highest BCUT2D eigenvalue weighted by atomic mass is 16.3. The Balaban J connectivity index is 3.73. The molecule has 0 unspecified atom stereocenters. The summed E-state index contributed by atoms with van der Waals surface area (Å²) in [7, 11) is 0. The minimum Gasteiger partial charge on any atom is -0.396 e. The van der Waals surface area contributed by atoms with Crippen molar-refractivity contribution >= 4 is 0 Å². The summed E-state index contributed by atoms with van der Waals surface area (Å²) in [5.41, 5.74) is 0.597. The standard InChI is InChI=1S/C15H32O/c1-6-7-8-10-14(2,3)11-9-12-15(4,5)13-16/h16H,6-13H2,1-5H3. The Morgan fingerprint density at radius 2 is 1.25 bits per heavy atom. The first kappa shape index (κ1) is 16.0. The number of hydrogen-bond acceptors (Lipinski definition) is 1. The van der Waals surface area contributed by atoms with E-state index in [-0.39, 0.29) is 5.41 Å². The van der Waals surface area contributed by atoms with E-state index in [4.69, 9.17) is 0 Å². The van der Waals surface area contributed by atoms with Crippen LogP contribution in [0.4, 0.5) is 0 Å². The van der Waals surface area contributed by atoms with Crippen LogP contribution in [0.1, 0.15) is 79.6 Å². The molecule has 1 heteroatoms. The van der Waals surface area contributed by atoms with E-state index in [2.05, 4.69) is 34.6 Å². The van der Waals surface area contributed by atoms with Gasteiger partial charge in [0.15, 0.2) is 0 Å². The van der Waals surface area contributed by atoms with E-state index in [0.29, 0.717) is 12.0 Å². The Kier molecular flexibility index (Phi) is 7.30. The van der Waals surface area contributed by atoms with E-state index in [1.54, 1.807) is 0 Å². The molecule has 0 saturated carbocycles. The van der Waals surface area contributed by atoms with Gasteiger partial charge in [0.1, 0.15) is 0 Å². The van der Waals surface area contributed by atoms with Gasteiger partial charge in [0.25, 0.3) is 0 Å². The minimum atomic E-state index is 0.111. The van der Waals surface area contributed by atoms with Crippen LogP contribution in [0.2, 0.25) is 0 Å². The van der Waals surface area contributed by atoms with E-state index in [1.165, 1.54) is 38.5 Å². The monoisotopic (exact) mass is 228 g/mol. The number of hydrogen-bond donors (Lipinski definition) is 1. The van der Waals surface area contributed by atoms with Crippen LogP contribution in [0.3, 0.4) is 0 Å². The first-order valence-electron chi connectivity index (χ1n) is 6.94. The van der Waals surface area contributed by atoms with Gasteiger partial charge in [-0.15, -0.1) is 0 Å². The van der Waals surface area contributed by atoms with Crippen LogP contribution < -0.4 is 0 Å². The summed E-state index contributed by atoms with van der Waals surface area (Å²) in [6.07, 6.45) is 9.07. The van der Waals surface area contributed by atoms with Crippen LogP contribution in [0, 0.1) is 10.8 Å². The molecule has 0 aliphatic carbocycles. The molecule has 0 aliphatic rings. The van der Waals surface area contributed by atoms with Gasteiger partial charge in [-0.3, -0.25) is 0 Å². The maximum atomic E-state index is 9.20. The van der Waals surface area contributed by atoms with Crippen molar-refractivity contribution in [2.75, 3.05) is 6.61 Å². The lowest BCUT2D eigenvalue weighted by Crippen LogP contribution is -2.18. The quantitative estimate of drug-likeness (QED) is 0.563. The fourth-order valence-electron chi connectivity index (χ4n) is 2.10. The van der Waals surface area contributed by atoms with Crippen molar-refractivity contribution < 1.29 is 5.11 Å². The molecule has 0 amide bonds. The molecule has 0 saturated heterocycles. The highest BCUT2D eigenvalue weighted by Crippen LogP contribution is 2.32. The van der Waals surface area contributed by atoms with E-state index in [9.17, 15) is 5.11 Å².